The van der Waals surface area contributed by atoms with Crippen molar-refractivity contribution >= 4 is 23.2 Å². The third kappa shape index (κ3) is 6.15. The van der Waals surface area contributed by atoms with Gasteiger partial charge in [-0.05, 0) is 24.3 Å². The summed E-state index contributed by atoms with van der Waals surface area (Å²) in [6.45, 7) is -1.93. The first kappa shape index (κ1) is 18.9. The summed E-state index contributed by atoms with van der Waals surface area (Å²) in [7, 11) is 0. The topological polar surface area (TPSA) is 47.6 Å². The summed E-state index contributed by atoms with van der Waals surface area (Å²) in [6, 6.07) is 9.24. The number of carbonyl (C=O) groups is 1. The molecule has 0 aliphatic heterocycles. The molecule has 2 aromatic rings. The minimum absolute atomic E-state index is 0.0671. The van der Waals surface area contributed by atoms with Crippen LogP contribution in [0.15, 0.2) is 42.5 Å². The van der Waals surface area contributed by atoms with E-state index in [2.05, 4.69) is 10.1 Å². The van der Waals surface area contributed by atoms with E-state index in [4.69, 9.17) is 16.3 Å². The van der Waals surface area contributed by atoms with E-state index in [1.165, 1.54) is 36.4 Å². The Morgan fingerprint density at radius 3 is 2.52 bits per heavy atom. The quantitative estimate of drug-likeness (QED) is 0.757. The molecule has 2 aromatic carbocycles. The van der Waals surface area contributed by atoms with Gasteiger partial charge in [0.1, 0.15) is 17.3 Å². The molecular formula is C16H12ClF4NO3. The number of nitrogens with one attached hydrogen (secondary N) is 1. The summed E-state index contributed by atoms with van der Waals surface area (Å²) in [5.74, 6) is -1.22. The van der Waals surface area contributed by atoms with Crippen LogP contribution in [0.25, 0.3) is 0 Å². The zero-order valence-corrected chi connectivity index (χ0v) is 13.3. The van der Waals surface area contributed by atoms with Crippen LogP contribution in [0.5, 0.6) is 11.5 Å². The smallest absolute Gasteiger partial charge is 0.422 e. The first-order valence-corrected chi connectivity index (χ1v) is 7.29. The van der Waals surface area contributed by atoms with Crippen LogP contribution < -0.4 is 14.8 Å². The first-order valence-electron chi connectivity index (χ1n) is 6.91. The molecule has 0 aromatic heterocycles. The summed E-state index contributed by atoms with van der Waals surface area (Å²) < 4.78 is 59.5. The molecule has 25 heavy (non-hydrogen) atoms. The Kier molecular flexibility index (Phi) is 6.08. The molecule has 0 atom stereocenters. The van der Waals surface area contributed by atoms with Gasteiger partial charge < -0.3 is 14.8 Å². The maximum Gasteiger partial charge on any atom is 0.422 e. The van der Waals surface area contributed by atoms with Crippen molar-refractivity contribution in [3.05, 3.63) is 53.3 Å². The number of benzene rings is 2. The van der Waals surface area contributed by atoms with E-state index in [0.717, 1.165) is 6.07 Å². The number of carbonyl (C=O) groups excluding carboxylic acids is 1. The molecule has 134 valence electrons. The molecule has 1 amide bonds. The average molecular weight is 378 g/mol. The van der Waals surface area contributed by atoms with Crippen LogP contribution in [0.4, 0.5) is 23.2 Å². The largest absolute Gasteiger partial charge is 0.484 e. The lowest BCUT2D eigenvalue weighted by Crippen LogP contribution is -2.22. The summed E-state index contributed by atoms with van der Waals surface area (Å²) in [5.41, 5.74) is 0.0671. The van der Waals surface area contributed by atoms with Gasteiger partial charge in [0.2, 0.25) is 0 Å². The van der Waals surface area contributed by atoms with Crippen molar-refractivity contribution in [1.82, 2.24) is 0 Å². The van der Waals surface area contributed by atoms with Gasteiger partial charge >= 0.3 is 6.18 Å². The molecule has 0 saturated heterocycles. The van der Waals surface area contributed by atoms with Gasteiger partial charge in [-0.1, -0.05) is 23.7 Å². The van der Waals surface area contributed by atoms with Gasteiger partial charge in [-0.25, -0.2) is 4.39 Å². The van der Waals surface area contributed by atoms with Crippen LogP contribution >= 0.6 is 11.6 Å². The molecule has 0 bridgehead atoms. The van der Waals surface area contributed by atoms with Crippen LogP contribution in [0.1, 0.15) is 0 Å². The third-order valence-electron chi connectivity index (χ3n) is 2.81. The minimum atomic E-state index is -4.50. The van der Waals surface area contributed by atoms with E-state index in [1.807, 2.05) is 0 Å². The van der Waals surface area contributed by atoms with E-state index in [-0.39, 0.29) is 22.2 Å². The third-order valence-corrected chi connectivity index (χ3v) is 3.10. The molecular weight excluding hydrogens is 366 g/mol. The number of hydrogen-bond acceptors (Lipinski definition) is 3. The highest BCUT2D eigenvalue weighted by Gasteiger charge is 2.28. The van der Waals surface area contributed by atoms with Gasteiger partial charge in [0.15, 0.2) is 13.2 Å². The van der Waals surface area contributed by atoms with E-state index >= 15 is 0 Å². The zero-order chi connectivity index (χ0) is 18.4. The number of alkyl halides is 3. The van der Waals surface area contributed by atoms with Crippen molar-refractivity contribution in [3.8, 4) is 11.5 Å². The lowest BCUT2D eigenvalue weighted by atomic mass is 10.3. The van der Waals surface area contributed by atoms with Crippen molar-refractivity contribution in [2.24, 2.45) is 0 Å². The Hall–Kier alpha value is -2.48. The highest BCUT2D eigenvalue weighted by molar-refractivity contribution is 6.30. The highest BCUT2D eigenvalue weighted by Crippen LogP contribution is 2.26. The van der Waals surface area contributed by atoms with Crippen LogP contribution in [0.2, 0.25) is 5.02 Å². The SMILES string of the molecule is O=C(COc1ccc(F)c(Cl)c1)Nc1ccccc1OCC(F)(F)F. The van der Waals surface area contributed by atoms with E-state index in [1.54, 1.807) is 0 Å². The number of anilines is 1. The van der Waals surface area contributed by atoms with E-state index < -0.39 is 31.1 Å². The van der Waals surface area contributed by atoms with E-state index in [0.29, 0.717) is 0 Å². The van der Waals surface area contributed by atoms with Crippen LogP contribution in [0.3, 0.4) is 0 Å². The van der Waals surface area contributed by atoms with Crippen LogP contribution in [0, 0.1) is 5.82 Å². The normalized spacial score (nSPS) is 11.1. The van der Waals surface area contributed by atoms with E-state index in [9.17, 15) is 22.4 Å². The molecule has 0 spiro atoms. The molecule has 4 nitrogen and oxygen atoms in total. The number of para-hydroxylation sites is 2. The molecule has 2 rings (SSSR count). The Bertz CT molecular complexity index is 752. The maximum absolute atomic E-state index is 13.0. The van der Waals surface area contributed by atoms with Crippen molar-refractivity contribution in [2.75, 3.05) is 18.5 Å². The second-order valence-corrected chi connectivity index (χ2v) is 5.22. The number of rotatable bonds is 6. The first-order chi connectivity index (χ1) is 11.7. The molecule has 0 fully saturated rings. The lowest BCUT2D eigenvalue weighted by molar-refractivity contribution is -0.153. The molecule has 0 saturated carbocycles. The van der Waals surface area contributed by atoms with Crippen LogP contribution in [-0.4, -0.2) is 25.3 Å². The van der Waals surface area contributed by atoms with Gasteiger partial charge in [-0.2, -0.15) is 13.2 Å². The summed E-state index contributed by atoms with van der Waals surface area (Å²) in [4.78, 5) is 11.9. The van der Waals surface area contributed by atoms with Gasteiger partial charge in [0.05, 0.1) is 10.7 Å². The number of halogens is 5. The fourth-order valence-corrected chi connectivity index (χ4v) is 1.93. The van der Waals surface area contributed by atoms with Gasteiger partial charge in [-0.3, -0.25) is 4.79 Å². The molecule has 9 heteroatoms. The molecule has 0 radical (unpaired) electrons. The fourth-order valence-electron chi connectivity index (χ4n) is 1.76. The molecule has 0 heterocycles. The fraction of sp³-hybridized carbons (Fsp3) is 0.188. The highest BCUT2D eigenvalue weighted by atomic mass is 35.5. The summed E-state index contributed by atoms with van der Waals surface area (Å²) in [5, 5.41) is 2.22. The van der Waals surface area contributed by atoms with Crippen molar-refractivity contribution in [2.45, 2.75) is 6.18 Å². The molecule has 0 aliphatic rings. The predicted octanol–water partition coefficient (Wildman–Crippen LogP) is 4.44. The van der Waals surface area contributed by atoms with Crippen LogP contribution in [-0.2, 0) is 4.79 Å². The van der Waals surface area contributed by atoms with Crippen molar-refractivity contribution in [1.29, 1.82) is 0 Å². The van der Waals surface area contributed by atoms with Gasteiger partial charge in [-0.15, -0.1) is 0 Å². The van der Waals surface area contributed by atoms with Crippen molar-refractivity contribution < 1.29 is 31.8 Å². The Morgan fingerprint density at radius 2 is 1.84 bits per heavy atom. The predicted molar refractivity (Wildman–Crippen MR) is 83.5 cm³/mol. The molecule has 1 N–H and O–H groups in total. The molecule has 0 aliphatic carbocycles. The Labute approximate surface area is 145 Å². The zero-order valence-electron chi connectivity index (χ0n) is 12.6. The summed E-state index contributed by atoms with van der Waals surface area (Å²) in [6.07, 6.45) is -4.50. The monoisotopic (exact) mass is 377 g/mol. The lowest BCUT2D eigenvalue weighted by Gasteiger charge is -2.14. The second-order valence-electron chi connectivity index (χ2n) is 4.81. The Balaban J connectivity index is 1.95. The van der Waals surface area contributed by atoms with Crippen molar-refractivity contribution in [3.63, 3.8) is 0 Å². The second kappa shape index (κ2) is 8.06. The number of hydrogen-bond donors (Lipinski definition) is 1. The average Bonchev–Trinajstić information content (AvgIpc) is 2.54. The number of ether oxygens (including phenoxy) is 2. The maximum atomic E-state index is 13.0. The standard InChI is InChI=1S/C16H12ClF4NO3/c17-11-7-10(5-6-12(11)18)24-8-15(23)22-13-3-1-2-4-14(13)25-9-16(19,20)21/h1-7H,8-9H2,(H,22,23). The Morgan fingerprint density at radius 1 is 1.12 bits per heavy atom. The minimum Gasteiger partial charge on any atom is -0.484 e. The summed E-state index contributed by atoms with van der Waals surface area (Å²) >= 11 is 5.59. The van der Waals surface area contributed by atoms with Gasteiger partial charge in [0.25, 0.3) is 5.91 Å². The van der Waals surface area contributed by atoms with Gasteiger partial charge in [0, 0.05) is 6.07 Å². The molecule has 0 unspecified atom stereocenters. The number of amides is 1.